The predicted molar refractivity (Wildman–Crippen MR) is 104 cm³/mol. The van der Waals surface area contributed by atoms with Crippen LogP contribution in [-0.2, 0) is 24.0 Å². The Hall–Kier alpha value is -2.34. The van der Waals surface area contributed by atoms with Gasteiger partial charge in [0.25, 0.3) is 0 Å². The molecule has 0 aromatic rings. The number of rotatable bonds is 12. The molecule has 0 saturated carbocycles. The number of nitrogens with one attached hydrogen (secondary N) is 3. The molecule has 0 radical (unpaired) electrons. The molecule has 0 bridgehead atoms. The number of carbonyl (C=O) groups is 5. The van der Waals surface area contributed by atoms with Crippen LogP contribution in [-0.4, -0.2) is 64.6 Å². The maximum Gasteiger partial charge on any atom is 0.325 e. The van der Waals surface area contributed by atoms with Crippen LogP contribution in [0.15, 0.2) is 0 Å². The Balaban J connectivity index is 5.10. The Bertz CT molecular complexity index is 600. The zero-order chi connectivity index (χ0) is 22.0. The summed E-state index contributed by atoms with van der Waals surface area (Å²) in [6.07, 6.45) is -0.142. The average Bonchev–Trinajstić information content (AvgIpc) is 2.57. The fourth-order valence-corrected chi connectivity index (χ4v) is 2.40. The van der Waals surface area contributed by atoms with E-state index >= 15 is 0 Å². The van der Waals surface area contributed by atoms with E-state index < -0.39 is 60.2 Å². The number of thiol groups is 1. The lowest BCUT2D eigenvalue weighted by atomic mass is 10.0. The van der Waals surface area contributed by atoms with Gasteiger partial charge in [0.2, 0.25) is 23.6 Å². The molecule has 0 spiro atoms. The number of carboxylic acid groups (broad SMARTS) is 1. The van der Waals surface area contributed by atoms with Gasteiger partial charge in [-0.15, -0.1) is 0 Å². The molecule has 0 aliphatic carbocycles. The number of amides is 4. The Labute approximate surface area is 168 Å². The Morgan fingerprint density at radius 2 is 1.43 bits per heavy atom. The van der Waals surface area contributed by atoms with E-state index in [1.54, 1.807) is 0 Å². The molecule has 8 N–H and O–H groups in total. The van der Waals surface area contributed by atoms with E-state index in [1.165, 1.54) is 6.92 Å². The van der Waals surface area contributed by atoms with Crippen molar-refractivity contribution in [3.63, 3.8) is 0 Å². The minimum absolute atomic E-state index is 0.0948. The van der Waals surface area contributed by atoms with Gasteiger partial charge in [0.05, 0.1) is 12.5 Å². The van der Waals surface area contributed by atoms with Gasteiger partial charge in [0, 0.05) is 5.75 Å². The Kier molecular flexibility index (Phi) is 11.2. The first-order chi connectivity index (χ1) is 12.9. The van der Waals surface area contributed by atoms with Gasteiger partial charge < -0.3 is 32.5 Å². The summed E-state index contributed by atoms with van der Waals surface area (Å²) < 4.78 is 0. The van der Waals surface area contributed by atoms with Crippen molar-refractivity contribution in [2.24, 2.45) is 17.4 Å². The van der Waals surface area contributed by atoms with Crippen molar-refractivity contribution < 1.29 is 29.1 Å². The number of primary amides is 1. The van der Waals surface area contributed by atoms with Crippen LogP contribution < -0.4 is 27.4 Å². The fraction of sp³-hybridized carbons (Fsp3) is 0.688. The first-order valence-corrected chi connectivity index (χ1v) is 9.30. The zero-order valence-electron chi connectivity index (χ0n) is 16.1. The lowest BCUT2D eigenvalue weighted by Crippen LogP contribution is -2.58. The summed E-state index contributed by atoms with van der Waals surface area (Å²) in [4.78, 5) is 58.7. The highest BCUT2D eigenvalue weighted by Gasteiger charge is 2.29. The number of aliphatic carboxylic acids is 1. The van der Waals surface area contributed by atoms with Gasteiger partial charge >= 0.3 is 5.97 Å². The molecule has 160 valence electrons. The number of carboxylic acids is 1. The lowest BCUT2D eigenvalue weighted by molar-refractivity contribution is -0.142. The summed E-state index contributed by atoms with van der Waals surface area (Å²) in [5.41, 5.74) is 10.9. The van der Waals surface area contributed by atoms with E-state index in [4.69, 9.17) is 16.6 Å². The van der Waals surface area contributed by atoms with Gasteiger partial charge in [-0.05, 0) is 19.3 Å². The van der Waals surface area contributed by atoms with Crippen molar-refractivity contribution >= 4 is 42.2 Å². The van der Waals surface area contributed by atoms with E-state index in [0.29, 0.717) is 6.42 Å². The number of nitrogens with two attached hydrogens (primary N) is 2. The molecule has 0 saturated heterocycles. The molecule has 4 atom stereocenters. The SMILES string of the molecule is CC(C)CC(N)C(=O)NC(CS)C(=O)NC(CC(N)=O)C(=O)NC(C)C(=O)O. The summed E-state index contributed by atoms with van der Waals surface area (Å²) in [7, 11) is 0. The van der Waals surface area contributed by atoms with Crippen LogP contribution in [0.5, 0.6) is 0 Å². The minimum Gasteiger partial charge on any atom is -0.480 e. The van der Waals surface area contributed by atoms with E-state index in [9.17, 15) is 24.0 Å². The molecule has 12 heteroatoms. The molecule has 4 amide bonds. The molecule has 0 aliphatic heterocycles. The summed E-state index contributed by atoms with van der Waals surface area (Å²) in [6.45, 7) is 5.00. The van der Waals surface area contributed by atoms with Crippen LogP contribution in [0, 0.1) is 5.92 Å². The standard InChI is InChI=1S/C16H29N5O6S/c1-7(2)4-9(17)13(23)21-11(6-28)15(25)20-10(5-12(18)22)14(24)19-8(3)16(26)27/h7-11,28H,4-6,17H2,1-3H3,(H2,18,22)(H,19,24)(H,20,25)(H,21,23)(H,26,27). The first-order valence-electron chi connectivity index (χ1n) is 8.67. The third-order valence-electron chi connectivity index (χ3n) is 3.65. The van der Waals surface area contributed by atoms with Gasteiger partial charge in [-0.25, -0.2) is 0 Å². The maximum atomic E-state index is 12.4. The highest BCUT2D eigenvalue weighted by atomic mass is 32.1. The largest absolute Gasteiger partial charge is 0.480 e. The summed E-state index contributed by atoms with van der Waals surface area (Å²) in [5.74, 6) is -4.34. The Morgan fingerprint density at radius 1 is 0.929 bits per heavy atom. The van der Waals surface area contributed by atoms with Crippen molar-refractivity contribution in [2.45, 2.75) is 57.8 Å². The third-order valence-corrected chi connectivity index (χ3v) is 4.01. The number of hydrogen-bond acceptors (Lipinski definition) is 7. The molecule has 0 rings (SSSR count). The number of hydrogen-bond donors (Lipinski definition) is 7. The molecule has 0 heterocycles. The molecule has 0 aromatic carbocycles. The molecule has 0 aromatic heterocycles. The average molecular weight is 420 g/mol. The van der Waals surface area contributed by atoms with E-state index in [0.717, 1.165) is 0 Å². The molecule has 28 heavy (non-hydrogen) atoms. The molecule has 4 unspecified atom stereocenters. The van der Waals surface area contributed by atoms with Crippen molar-refractivity contribution in [2.75, 3.05) is 5.75 Å². The second-order valence-electron chi connectivity index (χ2n) is 6.78. The molecular formula is C16H29N5O6S. The molecule has 11 nitrogen and oxygen atoms in total. The van der Waals surface area contributed by atoms with Crippen LogP contribution >= 0.6 is 12.6 Å². The van der Waals surface area contributed by atoms with Crippen molar-refractivity contribution in [1.82, 2.24) is 16.0 Å². The van der Waals surface area contributed by atoms with Crippen LogP contribution in [0.1, 0.15) is 33.6 Å². The van der Waals surface area contributed by atoms with Gasteiger partial charge in [-0.3, -0.25) is 24.0 Å². The topological polar surface area (TPSA) is 194 Å². The van der Waals surface area contributed by atoms with E-state index in [2.05, 4.69) is 28.6 Å². The second-order valence-corrected chi connectivity index (χ2v) is 7.15. The Morgan fingerprint density at radius 3 is 1.86 bits per heavy atom. The lowest BCUT2D eigenvalue weighted by Gasteiger charge is -2.23. The molecule has 0 aliphatic rings. The normalized spacial score (nSPS) is 15.1. The molecular weight excluding hydrogens is 390 g/mol. The van der Waals surface area contributed by atoms with Gasteiger partial charge in [0.1, 0.15) is 18.1 Å². The number of carbonyl (C=O) groups excluding carboxylic acids is 4. The minimum atomic E-state index is -1.41. The van der Waals surface area contributed by atoms with Crippen LogP contribution in [0.3, 0.4) is 0 Å². The van der Waals surface area contributed by atoms with Crippen molar-refractivity contribution in [3.05, 3.63) is 0 Å². The monoisotopic (exact) mass is 419 g/mol. The van der Waals surface area contributed by atoms with Crippen molar-refractivity contribution in [1.29, 1.82) is 0 Å². The highest BCUT2D eigenvalue weighted by molar-refractivity contribution is 7.80. The quantitative estimate of drug-likeness (QED) is 0.173. The van der Waals surface area contributed by atoms with Gasteiger partial charge in [-0.2, -0.15) is 12.6 Å². The first kappa shape index (κ1) is 25.7. The fourth-order valence-electron chi connectivity index (χ4n) is 2.15. The van der Waals surface area contributed by atoms with Gasteiger partial charge in [-0.1, -0.05) is 13.8 Å². The summed E-state index contributed by atoms with van der Waals surface area (Å²) >= 11 is 4.01. The zero-order valence-corrected chi connectivity index (χ0v) is 17.0. The van der Waals surface area contributed by atoms with E-state index in [-0.39, 0.29) is 11.7 Å². The summed E-state index contributed by atoms with van der Waals surface area (Å²) in [6, 6.07) is -4.59. The smallest absolute Gasteiger partial charge is 0.325 e. The van der Waals surface area contributed by atoms with E-state index in [1.807, 2.05) is 13.8 Å². The molecule has 0 fully saturated rings. The third kappa shape index (κ3) is 9.55. The van der Waals surface area contributed by atoms with Crippen LogP contribution in [0.4, 0.5) is 0 Å². The van der Waals surface area contributed by atoms with Gasteiger partial charge in [0.15, 0.2) is 0 Å². The highest BCUT2D eigenvalue weighted by Crippen LogP contribution is 2.04. The second kappa shape index (κ2) is 12.2. The summed E-state index contributed by atoms with van der Waals surface area (Å²) in [5, 5.41) is 15.7. The van der Waals surface area contributed by atoms with Crippen LogP contribution in [0.25, 0.3) is 0 Å². The predicted octanol–water partition coefficient (Wildman–Crippen LogP) is -2.28. The van der Waals surface area contributed by atoms with Crippen LogP contribution in [0.2, 0.25) is 0 Å². The maximum absolute atomic E-state index is 12.4. The van der Waals surface area contributed by atoms with Crippen molar-refractivity contribution in [3.8, 4) is 0 Å².